The number of amidine groups is 1. The lowest BCUT2D eigenvalue weighted by molar-refractivity contribution is -0.129. The van der Waals surface area contributed by atoms with Gasteiger partial charge in [0.2, 0.25) is 5.91 Å². The molecule has 102 valence electrons. The lowest BCUT2D eigenvalue weighted by Crippen LogP contribution is -2.48. The van der Waals surface area contributed by atoms with Crippen LogP contribution in [0.25, 0.3) is 0 Å². The van der Waals surface area contributed by atoms with Crippen molar-refractivity contribution in [1.29, 1.82) is 5.41 Å². The lowest BCUT2D eigenvalue weighted by atomic mass is 10.2. The number of rotatable bonds is 2. The summed E-state index contributed by atoms with van der Waals surface area (Å²) in [4.78, 5) is 19.4. The Hall–Kier alpha value is -2.15. The summed E-state index contributed by atoms with van der Waals surface area (Å²) in [6.45, 7) is 4.49. The number of piperazine rings is 1. The van der Waals surface area contributed by atoms with Gasteiger partial charge >= 0.3 is 0 Å². The smallest absolute Gasteiger partial charge is 0.219 e. The molecule has 0 spiro atoms. The topological polar surface area (TPSA) is 92.6 Å². The molecule has 0 aliphatic carbocycles. The summed E-state index contributed by atoms with van der Waals surface area (Å²) in [7, 11) is 0. The van der Waals surface area contributed by atoms with E-state index in [0.717, 1.165) is 18.9 Å². The number of nitrogens with zero attached hydrogens (tertiary/aromatic N) is 3. The number of hydrogen-bond donors (Lipinski definition) is 3. The van der Waals surface area contributed by atoms with Crippen molar-refractivity contribution in [3.8, 4) is 0 Å². The fourth-order valence-electron chi connectivity index (χ4n) is 2.04. The van der Waals surface area contributed by atoms with E-state index in [1.807, 2.05) is 11.0 Å². The van der Waals surface area contributed by atoms with Crippen LogP contribution in [0.15, 0.2) is 18.3 Å². The predicted molar refractivity (Wildman–Crippen MR) is 70.5 cm³/mol. The molecule has 2 heterocycles. The Bertz CT molecular complexity index is 466. The molecule has 1 aromatic heterocycles. The zero-order valence-corrected chi connectivity index (χ0v) is 10.8. The molecule has 7 heteroatoms. The maximum atomic E-state index is 11.2. The Kier molecular flexibility index (Phi) is 3.96. The first-order valence-corrected chi connectivity index (χ1v) is 6.07. The standard InChI is InChI=1S/C12H17N5O2/c1-9(18)16-4-6-17(7-5-16)11-3-2-10(8-14-11)12(13)15-19/h2-3,8,19H,4-7H2,1H3,(H2,13,15). The summed E-state index contributed by atoms with van der Waals surface area (Å²) >= 11 is 0. The molecule has 1 amide bonds. The highest BCUT2D eigenvalue weighted by molar-refractivity contribution is 5.95. The van der Waals surface area contributed by atoms with E-state index in [9.17, 15) is 4.79 Å². The van der Waals surface area contributed by atoms with Crippen molar-refractivity contribution >= 4 is 17.6 Å². The molecule has 19 heavy (non-hydrogen) atoms. The quantitative estimate of drug-likeness (QED) is 0.398. The van der Waals surface area contributed by atoms with Crippen molar-refractivity contribution in [1.82, 2.24) is 15.4 Å². The zero-order valence-electron chi connectivity index (χ0n) is 10.8. The second-order valence-electron chi connectivity index (χ2n) is 4.38. The second kappa shape index (κ2) is 5.66. The number of carbonyl (C=O) groups is 1. The minimum absolute atomic E-state index is 0.0829. The van der Waals surface area contributed by atoms with Crippen LogP contribution in [0.3, 0.4) is 0 Å². The van der Waals surface area contributed by atoms with Crippen LogP contribution in [0.1, 0.15) is 12.5 Å². The van der Waals surface area contributed by atoms with Gasteiger partial charge in [0.05, 0.1) is 0 Å². The molecule has 1 aliphatic heterocycles. The van der Waals surface area contributed by atoms with Gasteiger partial charge in [0, 0.05) is 44.9 Å². The third kappa shape index (κ3) is 3.00. The molecule has 0 radical (unpaired) electrons. The van der Waals surface area contributed by atoms with E-state index in [2.05, 4.69) is 9.88 Å². The number of amides is 1. The average molecular weight is 263 g/mol. The first kappa shape index (κ1) is 13.3. The number of anilines is 1. The Balaban J connectivity index is 2.00. The van der Waals surface area contributed by atoms with E-state index in [4.69, 9.17) is 10.6 Å². The van der Waals surface area contributed by atoms with Crippen LogP contribution in [0.4, 0.5) is 5.82 Å². The molecule has 1 saturated heterocycles. The van der Waals surface area contributed by atoms with E-state index in [0.29, 0.717) is 18.7 Å². The fraction of sp³-hybridized carbons (Fsp3) is 0.417. The van der Waals surface area contributed by atoms with Crippen LogP contribution in [-0.2, 0) is 4.79 Å². The molecular weight excluding hydrogens is 246 g/mol. The Morgan fingerprint density at radius 2 is 2.05 bits per heavy atom. The van der Waals surface area contributed by atoms with Gasteiger partial charge in [-0.2, -0.15) is 0 Å². The van der Waals surface area contributed by atoms with Crippen molar-refractivity contribution in [3.63, 3.8) is 0 Å². The molecule has 0 atom stereocenters. The SMILES string of the molecule is CC(=O)N1CCN(c2ccc(C(=N)NO)cn2)CC1. The van der Waals surface area contributed by atoms with Crippen LogP contribution in [0.5, 0.6) is 0 Å². The average Bonchev–Trinajstić information content (AvgIpc) is 2.46. The third-order valence-corrected chi connectivity index (χ3v) is 3.20. The van der Waals surface area contributed by atoms with Gasteiger partial charge in [-0.3, -0.25) is 20.9 Å². The predicted octanol–water partition coefficient (Wildman–Crippen LogP) is 0.0543. The van der Waals surface area contributed by atoms with E-state index >= 15 is 0 Å². The Labute approximate surface area is 111 Å². The van der Waals surface area contributed by atoms with Gasteiger partial charge in [0.25, 0.3) is 0 Å². The van der Waals surface area contributed by atoms with Gasteiger partial charge < -0.3 is 9.80 Å². The van der Waals surface area contributed by atoms with Crippen LogP contribution in [0, 0.1) is 5.41 Å². The van der Waals surface area contributed by atoms with Crippen LogP contribution in [0.2, 0.25) is 0 Å². The van der Waals surface area contributed by atoms with Gasteiger partial charge in [0.15, 0.2) is 5.84 Å². The third-order valence-electron chi connectivity index (χ3n) is 3.20. The number of aromatic nitrogens is 1. The fourth-order valence-corrected chi connectivity index (χ4v) is 2.04. The van der Waals surface area contributed by atoms with Crippen molar-refractivity contribution in [3.05, 3.63) is 23.9 Å². The second-order valence-corrected chi connectivity index (χ2v) is 4.38. The highest BCUT2D eigenvalue weighted by Crippen LogP contribution is 2.14. The molecular formula is C12H17N5O2. The van der Waals surface area contributed by atoms with Gasteiger partial charge in [-0.05, 0) is 12.1 Å². The lowest BCUT2D eigenvalue weighted by Gasteiger charge is -2.34. The number of carbonyl (C=O) groups excluding carboxylic acids is 1. The number of hydrogen-bond acceptors (Lipinski definition) is 5. The summed E-state index contributed by atoms with van der Waals surface area (Å²) in [6, 6.07) is 3.54. The highest BCUT2D eigenvalue weighted by Gasteiger charge is 2.19. The van der Waals surface area contributed by atoms with Gasteiger partial charge in [-0.25, -0.2) is 4.98 Å². The Morgan fingerprint density at radius 1 is 1.37 bits per heavy atom. The number of pyridine rings is 1. The molecule has 3 N–H and O–H groups in total. The van der Waals surface area contributed by atoms with Crippen molar-refractivity contribution in [2.24, 2.45) is 0 Å². The highest BCUT2D eigenvalue weighted by atomic mass is 16.5. The molecule has 0 aromatic carbocycles. The normalized spacial score (nSPS) is 15.3. The number of hydroxylamine groups is 1. The van der Waals surface area contributed by atoms with Crippen molar-refractivity contribution < 1.29 is 10.0 Å². The first-order chi connectivity index (χ1) is 9.11. The molecule has 7 nitrogen and oxygen atoms in total. The summed E-state index contributed by atoms with van der Waals surface area (Å²) in [5, 5.41) is 16.0. The van der Waals surface area contributed by atoms with E-state index in [-0.39, 0.29) is 11.7 Å². The van der Waals surface area contributed by atoms with Gasteiger partial charge in [-0.15, -0.1) is 0 Å². The molecule has 1 aromatic rings. The van der Waals surface area contributed by atoms with E-state index in [1.165, 1.54) is 6.20 Å². The first-order valence-electron chi connectivity index (χ1n) is 6.07. The molecule has 0 bridgehead atoms. The van der Waals surface area contributed by atoms with E-state index < -0.39 is 0 Å². The summed E-state index contributed by atoms with van der Waals surface area (Å²) in [6.07, 6.45) is 1.54. The molecule has 0 unspecified atom stereocenters. The van der Waals surface area contributed by atoms with Crippen LogP contribution in [-0.4, -0.2) is 53.0 Å². The number of nitrogens with one attached hydrogen (secondary N) is 2. The Morgan fingerprint density at radius 3 is 2.53 bits per heavy atom. The molecule has 1 fully saturated rings. The molecule has 0 saturated carbocycles. The molecule has 1 aliphatic rings. The summed E-state index contributed by atoms with van der Waals surface area (Å²) in [5.74, 6) is 0.837. The van der Waals surface area contributed by atoms with E-state index in [1.54, 1.807) is 18.5 Å². The minimum atomic E-state index is -0.0829. The monoisotopic (exact) mass is 263 g/mol. The van der Waals surface area contributed by atoms with Crippen LogP contribution < -0.4 is 10.4 Å². The minimum Gasteiger partial charge on any atom is -0.353 e. The van der Waals surface area contributed by atoms with Crippen LogP contribution >= 0.6 is 0 Å². The summed E-state index contributed by atoms with van der Waals surface area (Å²) in [5.41, 5.74) is 2.31. The van der Waals surface area contributed by atoms with Gasteiger partial charge in [0.1, 0.15) is 5.82 Å². The van der Waals surface area contributed by atoms with Gasteiger partial charge in [-0.1, -0.05) is 0 Å². The largest absolute Gasteiger partial charge is 0.353 e. The van der Waals surface area contributed by atoms with Crippen molar-refractivity contribution in [2.45, 2.75) is 6.92 Å². The maximum Gasteiger partial charge on any atom is 0.219 e. The molecule has 2 rings (SSSR count). The zero-order chi connectivity index (χ0) is 13.8. The van der Waals surface area contributed by atoms with Crippen molar-refractivity contribution in [2.75, 3.05) is 31.1 Å². The maximum absolute atomic E-state index is 11.2. The summed E-state index contributed by atoms with van der Waals surface area (Å²) < 4.78 is 0.